The number of hydrogen-bond acceptors (Lipinski definition) is 5. The number of aryl methyl sites for hydroxylation is 1. The minimum atomic E-state index is -3.58. The molecule has 0 unspecified atom stereocenters. The van der Waals surface area contributed by atoms with Gasteiger partial charge in [0.2, 0.25) is 10.0 Å². The summed E-state index contributed by atoms with van der Waals surface area (Å²) in [5.41, 5.74) is 1.16. The van der Waals surface area contributed by atoms with Gasteiger partial charge in [0.1, 0.15) is 12.0 Å². The number of aromatic nitrogens is 1. The summed E-state index contributed by atoms with van der Waals surface area (Å²) in [6.07, 6.45) is 2.06. The fourth-order valence-corrected chi connectivity index (χ4v) is 3.31. The van der Waals surface area contributed by atoms with E-state index in [-0.39, 0.29) is 23.5 Å². The van der Waals surface area contributed by atoms with Crippen molar-refractivity contribution in [1.82, 2.24) is 9.71 Å². The van der Waals surface area contributed by atoms with Crippen molar-refractivity contribution in [1.29, 1.82) is 0 Å². The lowest BCUT2D eigenvalue weighted by molar-refractivity contribution is 0.213. The fraction of sp³-hybridized carbons (Fsp3) is 0.438. The number of aliphatic hydroxyl groups is 1. The van der Waals surface area contributed by atoms with E-state index in [1.807, 2.05) is 13.8 Å². The SMILES string of the molecule is Cc1nc(-c2ccc(S(=O)(=O)NCC(C)(C)CCO)cc2)co1. The monoisotopic (exact) mass is 338 g/mol. The Bertz CT molecular complexity index is 749. The molecule has 1 aromatic carbocycles. The van der Waals surface area contributed by atoms with Crippen LogP contribution in [-0.2, 0) is 10.0 Å². The summed E-state index contributed by atoms with van der Waals surface area (Å²) in [7, 11) is -3.58. The van der Waals surface area contributed by atoms with Crippen molar-refractivity contribution in [3.8, 4) is 11.3 Å². The summed E-state index contributed by atoms with van der Waals surface area (Å²) in [5, 5.41) is 9.00. The third-order valence-corrected chi connectivity index (χ3v) is 5.03. The number of hydrogen-bond donors (Lipinski definition) is 2. The Balaban J connectivity index is 2.11. The Labute approximate surface area is 136 Å². The van der Waals surface area contributed by atoms with Crippen LogP contribution in [0.3, 0.4) is 0 Å². The standard InChI is InChI=1S/C16H22N2O4S/c1-12-18-15(10-22-12)13-4-6-14(7-5-13)23(20,21)17-11-16(2,3)8-9-19/h4-7,10,17,19H,8-9,11H2,1-3H3. The van der Waals surface area contributed by atoms with E-state index in [2.05, 4.69) is 9.71 Å². The zero-order chi connectivity index (χ0) is 17.1. The topological polar surface area (TPSA) is 92.4 Å². The van der Waals surface area contributed by atoms with Gasteiger partial charge in [-0.1, -0.05) is 26.0 Å². The van der Waals surface area contributed by atoms with Crippen LogP contribution in [0.4, 0.5) is 0 Å². The number of oxazole rings is 1. The summed E-state index contributed by atoms with van der Waals surface area (Å²) >= 11 is 0. The molecule has 2 rings (SSSR count). The fourth-order valence-electron chi connectivity index (χ4n) is 2.07. The van der Waals surface area contributed by atoms with Gasteiger partial charge in [-0.3, -0.25) is 0 Å². The highest BCUT2D eigenvalue weighted by Gasteiger charge is 2.22. The van der Waals surface area contributed by atoms with Gasteiger partial charge >= 0.3 is 0 Å². The van der Waals surface area contributed by atoms with Crippen molar-refractivity contribution in [2.24, 2.45) is 5.41 Å². The van der Waals surface area contributed by atoms with E-state index in [9.17, 15) is 8.42 Å². The third-order valence-electron chi connectivity index (χ3n) is 3.61. The van der Waals surface area contributed by atoms with Gasteiger partial charge < -0.3 is 9.52 Å². The van der Waals surface area contributed by atoms with Gasteiger partial charge in [0, 0.05) is 25.6 Å². The van der Waals surface area contributed by atoms with Gasteiger partial charge in [-0.05, 0) is 24.0 Å². The molecule has 0 aliphatic heterocycles. The van der Waals surface area contributed by atoms with Crippen LogP contribution in [0.15, 0.2) is 39.8 Å². The predicted octanol–water partition coefficient (Wildman–Crippen LogP) is 2.34. The van der Waals surface area contributed by atoms with E-state index < -0.39 is 10.0 Å². The van der Waals surface area contributed by atoms with Crippen LogP contribution >= 0.6 is 0 Å². The van der Waals surface area contributed by atoms with Gasteiger partial charge in [-0.2, -0.15) is 0 Å². The predicted molar refractivity (Wildman–Crippen MR) is 87.3 cm³/mol. The summed E-state index contributed by atoms with van der Waals surface area (Å²) in [6, 6.07) is 6.48. The molecule has 126 valence electrons. The average molecular weight is 338 g/mol. The molecule has 0 radical (unpaired) electrons. The largest absolute Gasteiger partial charge is 0.449 e. The van der Waals surface area contributed by atoms with Crippen molar-refractivity contribution in [2.45, 2.75) is 32.1 Å². The van der Waals surface area contributed by atoms with Crippen LogP contribution in [-0.4, -0.2) is 31.7 Å². The molecular weight excluding hydrogens is 316 g/mol. The first-order chi connectivity index (χ1) is 10.7. The van der Waals surface area contributed by atoms with Gasteiger partial charge in [-0.15, -0.1) is 0 Å². The minimum Gasteiger partial charge on any atom is -0.449 e. The van der Waals surface area contributed by atoms with Crippen LogP contribution in [0, 0.1) is 12.3 Å². The van der Waals surface area contributed by atoms with Gasteiger partial charge in [0.05, 0.1) is 4.90 Å². The second kappa shape index (κ2) is 6.82. The van der Waals surface area contributed by atoms with Crippen molar-refractivity contribution in [3.63, 3.8) is 0 Å². The molecule has 0 fully saturated rings. The van der Waals surface area contributed by atoms with E-state index in [1.165, 1.54) is 6.26 Å². The lowest BCUT2D eigenvalue weighted by atomic mass is 9.90. The molecular formula is C16H22N2O4S. The maximum absolute atomic E-state index is 12.3. The van der Waals surface area contributed by atoms with E-state index in [0.717, 1.165) is 5.56 Å². The number of nitrogens with one attached hydrogen (secondary N) is 1. The second-order valence-corrected chi connectivity index (χ2v) is 8.01. The molecule has 0 aliphatic rings. The molecule has 1 heterocycles. The van der Waals surface area contributed by atoms with E-state index >= 15 is 0 Å². The molecule has 0 atom stereocenters. The zero-order valence-electron chi connectivity index (χ0n) is 13.5. The van der Waals surface area contributed by atoms with Gasteiger partial charge in [-0.25, -0.2) is 18.1 Å². The first-order valence-corrected chi connectivity index (χ1v) is 8.85. The zero-order valence-corrected chi connectivity index (χ0v) is 14.4. The summed E-state index contributed by atoms with van der Waals surface area (Å²) < 4.78 is 32.4. The molecule has 6 nitrogen and oxygen atoms in total. The Morgan fingerprint density at radius 1 is 1.26 bits per heavy atom. The molecule has 23 heavy (non-hydrogen) atoms. The summed E-state index contributed by atoms with van der Waals surface area (Å²) in [6.45, 7) is 5.85. The Hall–Kier alpha value is -1.70. The van der Waals surface area contributed by atoms with Crippen molar-refractivity contribution >= 4 is 10.0 Å². The molecule has 0 saturated carbocycles. The summed E-state index contributed by atoms with van der Waals surface area (Å²) in [4.78, 5) is 4.40. The first-order valence-electron chi connectivity index (χ1n) is 7.37. The van der Waals surface area contributed by atoms with Crippen LogP contribution in [0.25, 0.3) is 11.3 Å². The smallest absolute Gasteiger partial charge is 0.240 e. The van der Waals surface area contributed by atoms with Crippen molar-refractivity contribution in [3.05, 3.63) is 36.4 Å². The summed E-state index contributed by atoms with van der Waals surface area (Å²) in [5.74, 6) is 0.560. The Kier molecular flexibility index (Phi) is 5.23. The lowest BCUT2D eigenvalue weighted by Crippen LogP contribution is -2.34. The van der Waals surface area contributed by atoms with Crippen molar-refractivity contribution < 1.29 is 17.9 Å². The van der Waals surface area contributed by atoms with Crippen LogP contribution in [0.2, 0.25) is 0 Å². The average Bonchev–Trinajstić information content (AvgIpc) is 2.92. The first kappa shape index (κ1) is 17.7. The van der Waals surface area contributed by atoms with E-state index in [1.54, 1.807) is 31.2 Å². The molecule has 0 saturated heterocycles. The molecule has 0 amide bonds. The van der Waals surface area contributed by atoms with Crippen LogP contribution in [0.1, 0.15) is 26.2 Å². The highest BCUT2D eigenvalue weighted by Crippen LogP contribution is 2.22. The lowest BCUT2D eigenvalue weighted by Gasteiger charge is -2.23. The molecule has 1 aromatic heterocycles. The van der Waals surface area contributed by atoms with E-state index in [0.29, 0.717) is 18.0 Å². The van der Waals surface area contributed by atoms with Gasteiger partial charge in [0.15, 0.2) is 5.89 Å². The maximum Gasteiger partial charge on any atom is 0.240 e. The van der Waals surface area contributed by atoms with Crippen LogP contribution < -0.4 is 4.72 Å². The number of benzene rings is 1. The number of sulfonamides is 1. The molecule has 7 heteroatoms. The van der Waals surface area contributed by atoms with Gasteiger partial charge in [0.25, 0.3) is 0 Å². The molecule has 2 aromatic rings. The van der Waals surface area contributed by atoms with Crippen molar-refractivity contribution in [2.75, 3.05) is 13.2 Å². The molecule has 2 N–H and O–H groups in total. The quantitative estimate of drug-likeness (QED) is 0.808. The highest BCUT2D eigenvalue weighted by molar-refractivity contribution is 7.89. The minimum absolute atomic E-state index is 0.0283. The third kappa shape index (κ3) is 4.63. The second-order valence-electron chi connectivity index (χ2n) is 6.24. The Morgan fingerprint density at radius 3 is 2.43 bits per heavy atom. The Morgan fingerprint density at radius 2 is 1.91 bits per heavy atom. The highest BCUT2D eigenvalue weighted by atomic mass is 32.2. The normalized spacial score (nSPS) is 12.5. The van der Waals surface area contributed by atoms with E-state index in [4.69, 9.17) is 9.52 Å². The molecule has 0 aliphatic carbocycles. The molecule has 0 spiro atoms. The molecule has 0 bridgehead atoms. The van der Waals surface area contributed by atoms with Crippen LogP contribution in [0.5, 0.6) is 0 Å². The maximum atomic E-state index is 12.3. The number of aliphatic hydroxyl groups excluding tert-OH is 1. The number of nitrogens with zero attached hydrogens (tertiary/aromatic N) is 1. The number of rotatable bonds is 7.